The van der Waals surface area contributed by atoms with Gasteiger partial charge in [-0.25, -0.2) is 0 Å². The van der Waals surface area contributed by atoms with Crippen molar-refractivity contribution in [3.05, 3.63) is 29.8 Å². The lowest BCUT2D eigenvalue weighted by atomic mass is 9.87. The minimum absolute atomic E-state index is 0.247. The predicted molar refractivity (Wildman–Crippen MR) is 86.5 cm³/mol. The molecule has 2 nitrogen and oxygen atoms in total. The number of rotatable bonds is 3. The second-order valence-corrected chi connectivity index (χ2v) is 7.52. The average Bonchev–Trinajstić information content (AvgIpc) is 3.22. The molecular formula is C18H28N2. The topological polar surface area (TPSA) is 15.3 Å². The van der Waals surface area contributed by atoms with E-state index in [2.05, 4.69) is 55.3 Å². The third-order valence-electron chi connectivity index (χ3n) is 4.57. The Morgan fingerprint density at radius 2 is 1.70 bits per heavy atom. The zero-order chi connectivity index (χ0) is 14.2. The van der Waals surface area contributed by atoms with Crippen molar-refractivity contribution in [2.24, 2.45) is 0 Å². The second-order valence-electron chi connectivity index (χ2n) is 7.52. The molecule has 1 aliphatic carbocycles. The first-order valence-electron chi connectivity index (χ1n) is 8.14. The van der Waals surface area contributed by atoms with Crippen LogP contribution in [0, 0.1) is 0 Å². The summed E-state index contributed by atoms with van der Waals surface area (Å²) in [5.41, 5.74) is 3.06. The Morgan fingerprint density at radius 1 is 1.00 bits per heavy atom. The first-order chi connectivity index (χ1) is 9.52. The lowest BCUT2D eigenvalue weighted by Crippen LogP contribution is -2.46. The first kappa shape index (κ1) is 13.9. The lowest BCUT2D eigenvalue weighted by molar-refractivity contribution is 0.420. The number of benzene rings is 1. The molecule has 1 heterocycles. The van der Waals surface area contributed by atoms with Gasteiger partial charge in [0.15, 0.2) is 0 Å². The summed E-state index contributed by atoms with van der Waals surface area (Å²) in [5, 5.41) is 3.79. The molecule has 1 aliphatic heterocycles. The summed E-state index contributed by atoms with van der Waals surface area (Å²) < 4.78 is 0. The van der Waals surface area contributed by atoms with Crippen LogP contribution in [-0.2, 0) is 5.41 Å². The number of nitrogens with zero attached hydrogens (tertiary/aromatic N) is 1. The molecule has 0 bridgehead atoms. The zero-order valence-electron chi connectivity index (χ0n) is 13.2. The maximum atomic E-state index is 3.79. The summed E-state index contributed by atoms with van der Waals surface area (Å²) in [6, 6.07) is 10.7. The smallest absolute Gasteiger partial charge is 0.0366 e. The van der Waals surface area contributed by atoms with Crippen LogP contribution >= 0.6 is 0 Å². The third kappa shape index (κ3) is 3.35. The van der Waals surface area contributed by atoms with E-state index in [1.165, 1.54) is 50.0 Å². The predicted octanol–water partition coefficient (Wildman–Crippen LogP) is 3.70. The van der Waals surface area contributed by atoms with Gasteiger partial charge < -0.3 is 10.2 Å². The molecule has 1 aromatic carbocycles. The van der Waals surface area contributed by atoms with Crippen LogP contribution in [0.5, 0.6) is 0 Å². The average molecular weight is 272 g/mol. The molecular weight excluding hydrogens is 244 g/mol. The molecule has 1 N–H and O–H groups in total. The van der Waals surface area contributed by atoms with Crippen LogP contribution in [-0.4, -0.2) is 25.2 Å². The molecule has 1 aromatic rings. The van der Waals surface area contributed by atoms with Gasteiger partial charge in [-0.3, -0.25) is 0 Å². The Hall–Kier alpha value is -1.02. The van der Waals surface area contributed by atoms with Crippen molar-refractivity contribution in [3.8, 4) is 0 Å². The minimum atomic E-state index is 0.247. The largest absolute Gasteiger partial charge is 0.370 e. The van der Waals surface area contributed by atoms with Crippen LogP contribution in [0.4, 0.5) is 5.69 Å². The van der Waals surface area contributed by atoms with Gasteiger partial charge in [-0.1, -0.05) is 32.9 Å². The van der Waals surface area contributed by atoms with E-state index in [9.17, 15) is 0 Å². The van der Waals surface area contributed by atoms with Gasteiger partial charge in [0, 0.05) is 30.9 Å². The number of hydrogen-bond acceptors (Lipinski definition) is 2. The van der Waals surface area contributed by atoms with Crippen molar-refractivity contribution < 1.29 is 0 Å². The molecule has 20 heavy (non-hydrogen) atoms. The monoisotopic (exact) mass is 272 g/mol. The molecule has 0 spiro atoms. The van der Waals surface area contributed by atoms with Crippen LogP contribution in [0.1, 0.15) is 52.0 Å². The Balaban J connectivity index is 1.65. The highest BCUT2D eigenvalue weighted by Gasteiger charge is 2.27. The van der Waals surface area contributed by atoms with E-state index in [-0.39, 0.29) is 5.41 Å². The standard InChI is InChI=1S/C18H28N2/c1-18(2,3)14-6-10-17(11-7-14)20-12-4-5-16(13-20)19-15-8-9-15/h6-7,10-11,15-16,19H,4-5,8-9,12-13H2,1-3H3. The van der Waals surface area contributed by atoms with Crippen LogP contribution in [0.3, 0.4) is 0 Å². The second kappa shape index (κ2) is 5.40. The van der Waals surface area contributed by atoms with E-state index in [0.29, 0.717) is 6.04 Å². The fourth-order valence-electron chi connectivity index (χ4n) is 3.10. The summed E-state index contributed by atoms with van der Waals surface area (Å²) >= 11 is 0. The molecule has 0 radical (unpaired) electrons. The highest BCUT2D eigenvalue weighted by molar-refractivity contribution is 5.49. The van der Waals surface area contributed by atoms with Crippen LogP contribution in [0.25, 0.3) is 0 Å². The third-order valence-corrected chi connectivity index (χ3v) is 4.57. The van der Waals surface area contributed by atoms with Gasteiger partial charge in [-0.05, 0) is 48.8 Å². The molecule has 2 fully saturated rings. The minimum Gasteiger partial charge on any atom is -0.370 e. The molecule has 3 rings (SSSR count). The summed E-state index contributed by atoms with van der Waals surface area (Å²) in [7, 11) is 0. The molecule has 1 atom stereocenters. The van der Waals surface area contributed by atoms with Crippen molar-refractivity contribution in [2.45, 2.75) is 64.0 Å². The van der Waals surface area contributed by atoms with E-state index in [0.717, 1.165) is 6.04 Å². The van der Waals surface area contributed by atoms with E-state index in [4.69, 9.17) is 0 Å². The molecule has 1 saturated heterocycles. The fraction of sp³-hybridized carbons (Fsp3) is 0.667. The Morgan fingerprint density at radius 3 is 2.30 bits per heavy atom. The van der Waals surface area contributed by atoms with Crippen molar-refractivity contribution in [3.63, 3.8) is 0 Å². The van der Waals surface area contributed by atoms with E-state index in [1.807, 2.05) is 0 Å². The molecule has 2 aliphatic rings. The van der Waals surface area contributed by atoms with Crippen molar-refractivity contribution in [1.29, 1.82) is 0 Å². The van der Waals surface area contributed by atoms with Crippen LogP contribution < -0.4 is 10.2 Å². The summed E-state index contributed by atoms with van der Waals surface area (Å²) in [5.74, 6) is 0. The number of hydrogen-bond donors (Lipinski definition) is 1. The zero-order valence-corrected chi connectivity index (χ0v) is 13.2. The lowest BCUT2D eigenvalue weighted by Gasteiger charge is -2.35. The van der Waals surface area contributed by atoms with Gasteiger partial charge in [-0.15, -0.1) is 0 Å². The Bertz CT molecular complexity index is 439. The molecule has 1 saturated carbocycles. The number of piperidine rings is 1. The molecule has 110 valence electrons. The van der Waals surface area contributed by atoms with E-state index < -0.39 is 0 Å². The molecule has 0 aromatic heterocycles. The van der Waals surface area contributed by atoms with Gasteiger partial charge in [0.1, 0.15) is 0 Å². The number of anilines is 1. The molecule has 2 heteroatoms. The van der Waals surface area contributed by atoms with Gasteiger partial charge in [0.25, 0.3) is 0 Å². The van der Waals surface area contributed by atoms with E-state index in [1.54, 1.807) is 0 Å². The Kier molecular flexibility index (Phi) is 3.76. The van der Waals surface area contributed by atoms with Crippen molar-refractivity contribution in [2.75, 3.05) is 18.0 Å². The first-order valence-corrected chi connectivity index (χ1v) is 8.14. The summed E-state index contributed by atoms with van der Waals surface area (Å²) in [4.78, 5) is 2.55. The quantitative estimate of drug-likeness (QED) is 0.902. The van der Waals surface area contributed by atoms with Crippen LogP contribution in [0.15, 0.2) is 24.3 Å². The fourth-order valence-corrected chi connectivity index (χ4v) is 3.10. The van der Waals surface area contributed by atoms with Crippen LogP contribution in [0.2, 0.25) is 0 Å². The van der Waals surface area contributed by atoms with E-state index >= 15 is 0 Å². The summed E-state index contributed by atoms with van der Waals surface area (Å²) in [6.07, 6.45) is 5.42. The molecule has 0 amide bonds. The summed E-state index contributed by atoms with van der Waals surface area (Å²) in [6.45, 7) is 9.21. The normalized spacial score (nSPS) is 23.9. The van der Waals surface area contributed by atoms with Gasteiger partial charge in [-0.2, -0.15) is 0 Å². The number of nitrogens with one attached hydrogen (secondary N) is 1. The SMILES string of the molecule is CC(C)(C)c1ccc(N2CCCC(NC3CC3)C2)cc1. The maximum absolute atomic E-state index is 3.79. The van der Waals surface area contributed by atoms with Crippen molar-refractivity contribution in [1.82, 2.24) is 5.32 Å². The highest BCUT2D eigenvalue weighted by Crippen LogP contribution is 2.27. The maximum Gasteiger partial charge on any atom is 0.0366 e. The van der Waals surface area contributed by atoms with Gasteiger partial charge in [0.2, 0.25) is 0 Å². The van der Waals surface area contributed by atoms with Gasteiger partial charge >= 0.3 is 0 Å². The highest BCUT2D eigenvalue weighted by atomic mass is 15.2. The Labute approximate surface area is 123 Å². The molecule has 1 unspecified atom stereocenters. The van der Waals surface area contributed by atoms with Crippen molar-refractivity contribution >= 4 is 5.69 Å². The van der Waals surface area contributed by atoms with Gasteiger partial charge in [0.05, 0.1) is 0 Å².